The number of rotatable bonds is 7. The quantitative estimate of drug-likeness (QED) is 0.0966. The van der Waals surface area contributed by atoms with Crippen LogP contribution in [0.4, 0.5) is 11.5 Å². The monoisotopic (exact) mass is 902 g/mol. The number of hydrogen-bond acceptors (Lipinski definition) is 15. The second-order valence-electron chi connectivity index (χ2n) is 17.6. The number of ether oxygens (including phenoxy) is 6. The Labute approximate surface area is 380 Å². The van der Waals surface area contributed by atoms with Crippen molar-refractivity contribution < 1.29 is 47.5 Å². The van der Waals surface area contributed by atoms with Crippen LogP contribution in [0, 0.1) is 24.7 Å². The number of methoxy groups -OCH3 is 1. The Morgan fingerprint density at radius 3 is 2.56 bits per heavy atom. The highest BCUT2D eigenvalue weighted by Crippen LogP contribution is 2.44. The number of benzene rings is 3. The lowest BCUT2D eigenvalue weighted by molar-refractivity contribution is -0.159. The fraction of sp³-hybridized carbons (Fsp3) is 0.400. The van der Waals surface area contributed by atoms with E-state index < -0.39 is 58.5 Å². The third kappa shape index (κ3) is 8.52. The molecule has 0 saturated heterocycles. The molecule has 3 aromatic carbocycles. The summed E-state index contributed by atoms with van der Waals surface area (Å²) in [6.45, 7) is 12.7. The molecule has 2 N–H and O–H groups in total. The third-order valence-corrected chi connectivity index (χ3v) is 12.5. The summed E-state index contributed by atoms with van der Waals surface area (Å²) in [5.41, 5.74) is -1.44. The second kappa shape index (κ2) is 18.1. The number of aliphatic hydroxyl groups is 1. The van der Waals surface area contributed by atoms with Gasteiger partial charge in [0.05, 0.1) is 29.5 Å². The number of hydrogen-bond donors (Lipinski definition) is 2. The molecule has 7 atom stereocenters. The van der Waals surface area contributed by atoms with E-state index in [0.717, 1.165) is 5.82 Å². The number of amides is 1. The fourth-order valence-corrected chi connectivity index (χ4v) is 9.06. The normalized spacial score (nSPS) is 26.1. The third-order valence-electron chi connectivity index (χ3n) is 12.5. The Morgan fingerprint density at radius 1 is 1.05 bits per heavy atom. The standard InChI is InChI=1S/C50H54N4O12/c1-25-13-12-14-27(3)49(59)53-42-43(57)38-37(41-47(42)64-34-24-31(23-32(56)40(34)52-41)61-20-18-54(8)36-15-10-11-17-51-36)39-46-29(5)45(38)65-35(22-26(2)21-25)44(63-30(6)55)28(4)33(60-9)16-19-62-50(7,66-46)48(39)58/h10-17,19,23-26,28,33,35,44,58H,18,20-22H2,1-9H3,(H,53,59)/b13-12+,19-16+,27-14-/t25?,26-,28-,33+,35?,44?,50+/m1/s1. The first-order chi connectivity index (χ1) is 31.5. The van der Waals surface area contributed by atoms with Gasteiger partial charge in [-0.3, -0.25) is 19.2 Å². The van der Waals surface area contributed by atoms with Gasteiger partial charge in [-0.2, -0.15) is 0 Å². The van der Waals surface area contributed by atoms with Gasteiger partial charge in [-0.25, -0.2) is 9.97 Å². The minimum absolute atomic E-state index is 0.0148. The van der Waals surface area contributed by atoms with Gasteiger partial charge in [0.25, 0.3) is 5.91 Å². The summed E-state index contributed by atoms with van der Waals surface area (Å²) >= 11 is 0. The van der Waals surface area contributed by atoms with Crippen molar-refractivity contribution in [2.75, 3.05) is 37.5 Å². The minimum atomic E-state index is -1.86. The highest BCUT2D eigenvalue weighted by molar-refractivity contribution is 6.17. The van der Waals surface area contributed by atoms with E-state index in [1.165, 1.54) is 39.4 Å². The van der Waals surface area contributed by atoms with Gasteiger partial charge in [0.15, 0.2) is 22.4 Å². The molecule has 0 aliphatic carbocycles. The number of esters is 1. The van der Waals surface area contributed by atoms with Crippen molar-refractivity contribution >= 4 is 62.1 Å². The van der Waals surface area contributed by atoms with Crippen LogP contribution in [-0.4, -0.2) is 78.4 Å². The van der Waals surface area contributed by atoms with Crippen LogP contribution in [-0.2, 0) is 23.8 Å². The number of carbonyl (C=O) groups excluding carboxylic acids is 2. The molecule has 0 spiro atoms. The second-order valence-corrected chi connectivity index (χ2v) is 17.6. The van der Waals surface area contributed by atoms with Crippen LogP contribution in [0.3, 0.4) is 0 Å². The number of anilines is 2. The lowest BCUT2D eigenvalue weighted by Crippen LogP contribution is -2.45. The molecule has 66 heavy (non-hydrogen) atoms. The van der Waals surface area contributed by atoms with Crippen molar-refractivity contribution in [3.05, 3.63) is 104 Å². The summed E-state index contributed by atoms with van der Waals surface area (Å²) in [4.78, 5) is 67.8. The largest absolute Gasteiger partial charge is 0.505 e. The maximum absolute atomic E-state index is 15.5. The molecular weight excluding hydrogens is 849 g/mol. The molecule has 0 fully saturated rings. The zero-order valence-corrected chi connectivity index (χ0v) is 38.4. The van der Waals surface area contributed by atoms with Gasteiger partial charge in [0.2, 0.25) is 10.9 Å². The minimum Gasteiger partial charge on any atom is -0.505 e. The number of aromatic nitrogens is 2. The molecule has 3 unspecified atom stereocenters. The Balaban J connectivity index is 1.44. The lowest BCUT2D eigenvalue weighted by atomic mass is 9.86. The van der Waals surface area contributed by atoms with Crippen LogP contribution in [0.1, 0.15) is 59.9 Å². The molecule has 16 nitrogen and oxygen atoms in total. The van der Waals surface area contributed by atoms with Crippen LogP contribution in [0.5, 0.6) is 17.2 Å². The predicted octanol–water partition coefficient (Wildman–Crippen LogP) is 6.95. The van der Waals surface area contributed by atoms with Gasteiger partial charge < -0.3 is 48.2 Å². The SMILES string of the molecule is CO[C@H]1/C=C/O[C@@]2(C)Oc3c(C)c4c5c(=O)c(c6oc7cc(OCCN(C)c8ccccn8)cc(=O)c7nc6c5c3=C2O)NC(=O)/C(C)=C\C=C\C(C)C[C@@H](C)CC(O4)C(OC(C)=O)[C@@H]1C. The number of fused-ring (bicyclic) bond motifs is 8. The summed E-state index contributed by atoms with van der Waals surface area (Å²) in [5.74, 6) is -2.91. The topological polar surface area (TPSA) is 198 Å². The molecule has 3 aliphatic heterocycles. The van der Waals surface area contributed by atoms with Crippen LogP contribution in [0.15, 0.2) is 86.7 Å². The number of carbonyl (C=O) groups is 2. The van der Waals surface area contributed by atoms with Crippen molar-refractivity contribution in [3.63, 3.8) is 0 Å². The molecule has 3 aliphatic rings. The fourth-order valence-electron chi connectivity index (χ4n) is 9.06. The number of allylic oxidation sites excluding steroid dienone is 3. The summed E-state index contributed by atoms with van der Waals surface area (Å²) in [6.07, 6.45) is 8.65. The molecule has 6 bridgehead atoms. The Morgan fingerprint density at radius 2 is 1.83 bits per heavy atom. The number of nitrogens with one attached hydrogen (secondary N) is 1. The average Bonchev–Trinajstić information content (AvgIpc) is 3.54. The Hall–Kier alpha value is -6.94. The Kier molecular flexibility index (Phi) is 12.5. The molecule has 346 valence electrons. The lowest BCUT2D eigenvalue weighted by Gasteiger charge is -2.36. The zero-order valence-electron chi connectivity index (χ0n) is 38.4. The first kappa shape index (κ1) is 45.6. The van der Waals surface area contributed by atoms with Gasteiger partial charge in [0.1, 0.15) is 53.1 Å². The van der Waals surface area contributed by atoms with Crippen LogP contribution in [0.2, 0.25) is 0 Å². The highest BCUT2D eigenvalue weighted by atomic mass is 16.7. The highest BCUT2D eigenvalue weighted by Gasteiger charge is 2.45. The maximum Gasteiger partial charge on any atom is 0.307 e. The van der Waals surface area contributed by atoms with Crippen molar-refractivity contribution in [3.8, 4) is 17.2 Å². The molecular formula is C50H54N4O12. The number of pyridine rings is 1. The van der Waals surface area contributed by atoms with E-state index in [1.807, 2.05) is 43.1 Å². The molecule has 5 heterocycles. The zero-order chi connectivity index (χ0) is 47.2. The number of likely N-dealkylation sites (N-methyl/N-ethyl adjacent to an activating group) is 1. The molecule has 16 heteroatoms. The number of aliphatic hydroxyl groups excluding tert-OH is 1. The molecule has 1 amide bonds. The average molecular weight is 903 g/mol. The van der Waals surface area contributed by atoms with E-state index in [0.29, 0.717) is 24.9 Å². The summed E-state index contributed by atoms with van der Waals surface area (Å²) < 4.78 is 44.4. The van der Waals surface area contributed by atoms with Crippen molar-refractivity contribution in [2.45, 2.75) is 85.4 Å². The molecule has 8 rings (SSSR count). The predicted molar refractivity (Wildman–Crippen MR) is 249 cm³/mol. The molecule has 0 radical (unpaired) electrons. The van der Waals surface area contributed by atoms with E-state index in [-0.39, 0.29) is 85.1 Å². The van der Waals surface area contributed by atoms with Gasteiger partial charge in [-0.15, -0.1) is 0 Å². The van der Waals surface area contributed by atoms with Gasteiger partial charge in [0, 0.05) is 68.8 Å². The first-order valence-electron chi connectivity index (χ1n) is 22.0. The Bertz CT molecular complexity index is 3020. The smallest absolute Gasteiger partial charge is 0.307 e. The number of nitrogens with zero attached hydrogens (tertiary/aromatic N) is 3. The summed E-state index contributed by atoms with van der Waals surface area (Å²) in [7, 11) is 3.38. The van der Waals surface area contributed by atoms with E-state index in [9.17, 15) is 19.5 Å². The van der Waals surface area contributed by atoms with Crippen LogP contribution >= 0.6 is 0 Å². The van der Waals surface area contributed by atoms with E-state index in [4.69, 9.17) is 37.8 Å². The van der Waals surface area contributed by atoms with Gasteiger partial charge in [-0.1, -0.05) is 45.1 Å². The van der Waals surface area contributed by atoms with E-state index in [2.05, 4.69) is 24.1 Å². The van der Waals surface area contributed by atoms with E-state index >= 15 is 4.79 Å². The van der Waals surface area contributed by atoms with Crippen molar-refractivity contribution in [2.24, 2.45) is 17.8 Å². The summed E-state index contributed by atoms with van der Waals surface area (Å²) in [5, 5.41) is 15.0. The molecule has 0 saturated carbocycles. The first-order valence-corrected chi connectivity index (χ1v) is 22.0. The van der Waals surface area contributed by atoms with Crippen molar-refractivity contribution in [1.29, 1.82) is 0 Å². The summed E-state index contributed by atoms with van der Waals surface area (Å²) in [6, 6.07) is 8.35. The van der Waals surface area contributed by atoms with Crippen LogP contribution < -0.4 is 40.5 Å². The van der Waals surface area contributed by atoms with E-state index in [1.54, 1.807) is 38.3 Å². The van der Waals surface area contributed by atoms with Gasteiger partial charge >= 0.3 is 11.8 Å². The molecule has 2 aromatic heterocycles. The van der Waals surface area contributed by atoms with Crippen LogP contribution in [0.25, 0.3) is 38.7 Å². The van der Waals surface area contributed by atoms with Gasteiger partial charge in [-0.05, 0) is 56.7 Å². The maximum atomic E-state index is 15.5. The van der Waals surface area contributed by atoms with Crippen molar-refractivity contribution in [1.82, 2.24) is 9.97 Å². The molecule has 5 aromatic rings.